The van der Waals surface area contributed by atoms with Crippen LogP contribution in [0.2, 0.25) is 0 Å². The molecular formula is C13H21NO3. The number of carbonyl (C=O) groups is 2. The van der Waals surface area contributed by atoms with Crippen LogP contribution >= 0.6 is 0 Å². The van der Waals surface area contributed by atoms with E-state index >= 15 is 0 Å². The summed E-state index contributed by atoms with van der Waals surface area (Å²) >= 11 is 0. The van der Waals surface area contributed by atoms with Crippen LogP contribution < -0.4 is 5.32 Å². The van der Waals surface area contributed by atoms with Gasteiger partial charge in [0.1, 0.15) is 6.04 Å². The molecule has 0 aromatic rings. The Morgan fingerprint density at radius 3 is 2.41 bits per heavy atom. The Hall–Kier alpha value is -1.58. The van der Waals surface area contributed by atoms with Gasteiger partial charge in [-0.05, 0) is 18.8 Å². The number of hydrogen-bond acceptors (Lipinski definition) is 2. The molecule has 0 spiro atoms. The molecule has 1 amide bonds. The zero-order valence-electron chi connectivity index (χ0n) is 10.6. The number of hydrogen-bond donors (Lipinski definition) is 2. The van der Waals surface area contributed by atoms with E-state index in [-0.39, 0.29) is 5.91 Å². The molecule has 0 radical (unpaired) electrons. The van der Waals surface area contributed by atoms with E-state index < -0.39 is 12.0 Å². The molecule has 96 valence electrons. The monoisotopic (exact) mass is 239 g/mol. The predicted molar refractivity (Wildman–Crippen MR) is 67.6 cm³/mol. The highest BCUT2D eigenvalue weighted by atomic mass is 16.4. The van der Waals surface area contributed by atoms with Crippen molar-refractivity contribution in [2.45, 2.75) is 39.7 Å². The molecule has 0 bridgehead atoms. The molecule has 1 atom stereocenters. The minimum Gasteiger partial charge on any atom is -0.480 e. The van der Waals surface area contributed by atoms with Gasteiger partial charge in [-0.1, -0.05) is 39.0 Å². The topological polar surface area (TPSA) is 66.4 Å². The lowest BCUT2D eigenvalue weighted by Gasteiger charge is -2.09. The van der Waals surface area contributed by atoms with Crippen LogP contribution in [0.1, 0.15) is 33.6 Å². The standard InChI is InChI=1S/C13H21NO3/c1-4-11(13(16)17)14-12(15)9-7-5-6-8-10(2)3/h5-7,9-11H,4,8H2,1-3H3,(H,14,15)(H,16,17)/b6-5+,9-7+/t11-/m0/s1. The number of carboxylic acids is 1. The Morgan fingerprint density at radius 1 is 1.29 bits per heavy atom. The third-order valence-electron chi connectivity index (χ3n) is 2.13. The average molecular weight is 239 g/mol. The summed E-state index contributed by atoms with van der Waals surface area (Å²) < 4.78 is 0. The van der Waals surface area contributed by atoms with Gasteiger partial charge < -0.3 is 10.4 Å². The van der Waals surface area contributed by atoms with E-state index in [2.05, 4.69) is 19.2 Å². The average Bonchev–Trinajstić information content (AvgIpc) is 2.24. The number of allylic oxidation sites excluding steroid dienone is 3. The first kappa shape index (κ1) is 15.4. The van der Waals surface area contributed by atoms with E-state index in [9.17, 15) is 9.59 Å². The minimum atomic E-state index is -1.01. The van der Waals surface area contributed by atoms with Gasteiger partial charge in [-0.15, -0.1) is 0 Å². The highest BCUT2D eigenvalue weighted by Crippen LogP contribution is 1.99. The number of aliphatic carboxylic acids is 1. The van der Waals surface area contributed by atoms with Crippen LogP contribution in [0.5, 0.6) is 0 Å². The Morgan fingerprint density at radius 2 is 1.94 bits per heavy atom. The van der Waals surface area contributed by atoms with Gasteiger partial charge in [0.15, 0.2) is 0 Å². The van der Waals surface area contributed by atoms with Crippen molar-refractivity contribution in [3.63, 3.8) is 0 Å². The van der Waals surface area contributed by atoms with Gasteiger partial charge in [0.05, 0.1) is 0 Å². The highest BCUT2D eigenvalue weighted by Gasteiger charge is 2.15. The van der Waals surface area contributed by atoms with Crippen LogP contribution in [0.15, 0.2) is 24.3 Å². The zero-order valence-corrected chi connectivity index (χ0v) is 10.6. The molecule has 0 rings (SSSR count). The Labute approximate surface area is 102 Å². The van der Waals surface area contributed by atoms with Gasteiger partial charge in [-0.25, -0.2) is 4.79 Å². The number of amides is 1. The fourth-order valence-corrected chi connectivity index (χ4v) is 1.13. The Bertz CT molecular complexity index is 306. The van der Waals surface area contributed by atoms with Crippen molar-refractivity contribution in [1.29, 1.82) is 0 Å². The van der Waals surface area contributed by atoms with E-state index in [1.54, 1.807) is 19.1 Å². The van der Waals surface area contributed by atoms with Gasteiger partial charge in [0.2, 0.25) is 5.91 Å². The number of carboxylic acid groups (broad SMARTS) is 1. The number of nitrogens with one attached hydrogen (secondary N) is 1. The smallest absolute Gasteiger partial charge is 0.326 e. The van der Waals surface area contributed by atoms with E-state index in [0.29, 0.717) is 12.3 Å². The van der Waals surface area contributed by atoms with Crippen molar-refractivity contribution in [2.24, 2.45) is 5.92 Å². The van der Waals surface area contributed by atoms with Crippen molar-refractivity contribution in [3.8, 4) is 0 Å². The van der Waals surface area contributed by atoms with Gasteiger partial charge in [0.25, 0.3) is 0 Å². The van der Waals surface area contributed by atoms with Gasteiger partial charge in [0, 0.05) is 6.08 Å². The third kappa shape index (κ3) is 8.25. The third-order valence-corrected chi connectivity index (χ3v) is 2.13. The molecule has 0 aliphatic rings. The second kappa shape index (κ2) is 8.56. The predicted octanol–water partition coefficient (Wildman–Crippen LogP) is 2.12. The molecule has 0 saturated heterocycles. The van der Waals surface area contributed by atoms with Gasteiger partial charge in [-0.2, -0.15) is 0 Å². The molecular weight excluding hydrogens is 218 g/mol. The molecule has 4 heteroatoms. The van der Waals surface area contributed by atoms with Crippen LogP contribution in [-0.4, -0.2) is 23.0 Å². The SMILES string of the molecule is CC[C@H](NC(=O)/C=C/C=C/CC(C)C)C(=O)O. The molecule has 0 unspecified atom stereocenters. The lowest BCUT2D eigenvalue weighted by molar-refractivity contribution is -0.141. The summed E-state index contributed by atoms with van der Waals surface area (Å²) in [7, 11) is 0. The van der Waals surface area contributed by atoms with Crippen molar-refractivity contribution >= 4 is 11.9 Å². The Kier molecular flexibility index (Phi) is 7.76. The number of rotatable bonds is 7. The largest absolute Gasteiger partial charge is 0.480 e. The van der Waals surface area contributed by atoms with Crippen LogP contribution in [-0.2, 0) is 9.59 Å². The molecule has 4 nitrogen and oxygen atoms in total. The van der Waals surface area contributed by atoms with Crippen LogP contribution in [0, 0.1) is 5.92 Å². The Balaban J connectivity index is 4.04. The van der Waals surface area contributed by atoms with E-state index in [0.717, 1.165) is 6.42 Å². The van der Waals surface area contributed by atoms with Crippen LogP contribution in [0.4, 0.5) is 0 Å². The first-order valence-corrected chi connectivity index (χ1v) is 5.83. The molecule has 2 N–H and O–H groups in total. The fraction of sp³-hybridized carbons (Fsp3) is 0.538. The zero-order chi connectivity index (χ0) is 13.3. The summed E-state index contributed by atoms with van der Waals surface area (Å²) in [5, 5.41) is 11.1. The summed E-state index contributed by atoms with van der Waals surface area (Å²) in [6.45, 7) is 5.93. The summed E-state index contributed by atoms with van der Waals surface area (Å²) in [5.74, 6) is -0.803. The van der Waals surface area contributed by atoms with Crippen molar-refractivity contribution in [1.82, 2.24) is 5.32 Å². The summed E-state index contributed by atoms with van der Waals surface area (Å²) in [4.78, 5) is 22.0. The second-order valence-corrected chi connectivity index (χ2v) is 4.22. The maximum atomic E-state index is 11.3. The normalized spacial score (nSPS) is 13.4. The number of carbonyl (C=O) groups excluding carboxylic acids is 1. The molecule has 0 aliphatic heterocycles. The quantitative estimate of drug-likeness (QED) is 0.528. The van der Waals surface area contributed by atoms with E-state index in [1.165, 1.54) is 6.08 Å². The minimum absolute atomic E-state index is 0.373. The summed E-state index contributed by atoms with van der Waals surface area (Å²) in [6.07, 6.45) is 8.05. The van der Waals surface area contributed by atoms with E-state index in [1.807, 2.05) is 6.08 Å². The van der Waals surface area contributed by atoms with Crippen LogP contribution in [0.3, 0.4) is 0 Å². The lowest BCUT2D eigenvalue weighted by atomic mass is 10.1. The first-order valence-electron chi connectivity index (χ1n) is 5.83. The molecule has 0 aromatic heterocycles. The molecule has 0 aromatic carbocycles. The maximum Gasteiger partial charge on any atom is 0.326 e. The van der Waals surface area contributed by atoms with Crippen molar-refractivity contribution < 1.29 is 14.7 Å². The molecule has 0 aliphatic carbocycles. The first-order chi connectivity index (χ1) is 7.97. The molecule has 0 saturated carbocycles. The van der Waals surface area contributed by atoms with E-state index in [4.69, 9.17) is 5.11 Å². The highest BCUT2D eigenvalue weighted by molar-refractivity contribution is 5.91. The lowest BCUT2D eigenvalue weighted by Crippen LogP contribution is -2.39. The second-order valence-electron chi connectivity index (χ2n) is 4.22. The molecule has 0 fully saturated rings. The van der Waals surface area contributed by atoms with Crippen molar-refractivity contribution in [2.75, 3.05) is 0 Å². The maximum absolute atomic E-state index is 11.3. The summed E-state index contributed by atoms with van der Waals surface area (Å²) in [6, 6.07) is -0.813. The summed E-state index contributed by atoms with van der Waals surface area (Å²) in [5.41, 5.74) is 0. The van der Waals surface area contributed by atoms with Crippen LogP contribution in [0.25, 0.3) is 0 Å². The van der Waals surface area contributed by atoms with Gasteiger partial charge >= 0.3 is 5.97 Å². The van der Waals surface area contributed by atoms with Gasteiger partial charge in [-0.3, -0.25) is 4.79 Å². The molecule has 17 heavy (non-hydrogen) atoms. The molecule has 0 heterocycles. The van der Waals surface area contributed by atoms with Crippen molar-refractivity contribution in [3.05, 3.63) is 24.3 Å². The fourth-order valence-electron chi connectivity index (χ4n) is 1.13.